The van der Waals surface area contributed by atoms with Crippen LogP contribution in [0.5, 0.6) is 5.75 Å². The molecule has 162 valence electrons. The average Bonchev–Trinajstić information content (AvgIpc) is 3.21. The summed E-state index contributed by atoms with van der Waals surface area (Å²) in [5.41, 5.74) is 4.76. The molecule has 5 rings (SSSR count). The number of hydrogen-bond donors (Lipinski definition) is 1. The molecule has 1 atom stereocenters. The predicted molar refractivity (Wildman–Crippen MR) is 129 cm³/mol. The van der Waals surface area contributed by atoms with E-state index in [1.165, 1.54) is 11.1 Å². The predicted octanol–water partition coefficient (Wildman–Crippen LogP) is 5.71. The number of anilines is 1. The summed E-state index contributed by atoms with van der Waals surface area (Å²) in [6.07, 6.45) is 3.15. The summed E-state index contributed by atoms with van der Waals surface area (Å²) in [4.78, 5) is 15.3. The number of furan rings is 1. The molecule has 5 heteroatoms. The van der Waals surface area contributed by atoms with E-state index in [1.807, 2.05) is 49.4 Å². The number of nitrogens with zero attached hydrogens (tertiary/aromatic N) is 1. The van der Waals surface area contributed by atoms with Crippen molar-refractivity contribution in [1.29, 1.82) is 0 Å². The smallest absolute Gasteiger partial charge is 0.241 e. The highest BCUT2D eigenvalue weighted by atomic mass is 16.5. The SMILES string of the molecule is COc1cc2c(cc1NC(=O)[C@@H](C)N1CC=C(c3ccccc3)CC1)oc1ccccc12. The molecule has 0 fully saturated rings. The van der Waals surface area contributed by atoms with Gasteiger partial charge in [0.15, 0.2) is 0 Å². The van der Waals surface area contributed by atoms with Crippen LogP contribution in [0.15, 0.2) is 77.2 Å². The molecule has 1 aromatic heterocycles. The summed E-state index contributed by atoms with van der Waals surface area (Å²) in [5.74, 6) is 0.560. The highest BCUT2D eigenvalue weighted by Crippen LogP contribution is 2.36. The van der Waals surface area contributed by atoms with Crippen LogP contribution >= 0.6 is 0 Å². The number of carbonyl (C=O) groups excluding carboxylic acids is 1. The second kappa shape index (κ2) is 8.52. The molecule has 1 amide bonds. The summed E-state index contributed by atoms with van der Waals surface area (Å²) in [6, 6.07) is 21.8. The van der Waals surface area contributed by atoms with E-state index < -0.39 is 0 Å². The molecule has 5 nitrogen and oxygen atoms in total. The maximum absolute atomic E-state index is 13.1. The Bertz CT molecular complexity index is 1310. The van der Waals surface area contributed by atoms with E-state index in [0.717, 1.165) is 41.4 Å². The zero-order valence-corrected chi connectivity index (χ0v) is 18.3. The second-order valence-corrected chi connectivity index (χ2v) is 8.15. The minimum absolute atomic E-state index is 0.0599. The molecule has 0 aliphatic carbocycles. The van der Waals surface area contributed by atoms with Crippen LogP contribution in [0.25, 0.3) is 27.5 Å². The molecule has 1 aliphatic rings. The topological polar surface area (TPSA) is 54.7 Å². The molecule has 0 radical (unpaired) electrons. The summed E-state index contributed by atoms with van der Waals surface area (Å²) in [6.45, 7) is 3.54. The van der Waals surface area contributed by atoms with Crippen LogP contribution in [0.4, 0.5) is 5.69 Å². The van der Waals surface area contributed by atoms with Crippen molar-refractivity contribution in [2.45, 2.75) is 19.4 Å². The maximum Gasteiger partial charge on any atom is 0.241 e. The molecule has 0 saturated carbocycles. The number of hydrogen-bond acceptors (Lipinski definition) is 4. The Hall–Kier alpha value is -3.57. The lowest BCUT2D eigenvalue weighted by molar-refractivity contribution is -0.120. The quantitative estimate of drug-likeness (QED) is 0.444. The third kappa shape index (κ3) is 3.76. The largest absolute Gasteiger partial charge is 0.495 e. The number of benzene rings is 3. The zero-order valence-electron chi connectivity index (χ0n) is 18.3. The molecule has 0 bridgehead atoms. The Morgan fingerprint density at radius 3 is 2.56 bits per heavy atom. The van der Waals surface area contributed by atoms with Crippen molar-refractivity contribution >= 4 is 39.1 Å². The molecule has 0 spiro atoms. The number of ether oxygens (including phenoxy) is 1. The number of para-hydroxylation sites is 1. The fourth-order valence-electron chi connectivity index (χ4n) is 4.37. The van der Waals surface area contributed by atoms with Crippen LogP contribution in [-0.4, -0.2) is 37.0 Å². The Labute approximate surface area is 187 Å². The summed E-state index contributed by atoms with van der Waals surface area (Å²) in [5, 5.41) is 5.05. The standard InChI is InChI=1S/C27H26N2O3/c1-18(29-14-12-20(13-15-29)19-8-4-3-5-9-19)27(30)28-23-17-25-22(16-26(23)31-2)21-10-6-7-11-24(21)32-25/h3-12,16-18H,13-15H2,1-2H3,(H,28,30)/t18-/m1/s1. The van der Waals surface area contributed by atoms with E-state index in [0.29, 0.717) is 11.4 Å². The van der Waals surface area contributed by atoms with Gasteiger partial charge in [0.2, 0.25) is 5.91 Å². The van der Waals surface area contributed by atoms with Crippen molar-refractivity contribution in [1.82, 2.24) is 4.90 Å². The van der Waals surface area contributed by atoms with Gasteiger partial charge in [-0.1, -0.05) is 54.6 Å². The van der Waals surface area contributed by atoms with Gasteiger partial charge in [-0.2, -0.15) is 0 Å². The fourth-order valence-corrected chi connectivity index (χ4v) is 4.37. The van der Waals surface area contributed by atoms with E-state index in [2.05, 4.69) is 40.6 Å². The van der Waals surface area contributed by atoms with Crippen LogP contribution in [0.2, 0.25) is 0 Å². The molecule has 1 N–H and O–H groups in total. The first-order valence-corrected chi connectivity index (χ1v) is 10.9. The Kier molecular flexibility index (Phi) is 5.41. The van der Waals surface area contributed by atoms with E-state index in [-0.39, 0.29) is 11.9 Å². The Morgan fingerprint density at radius 1 is 1.03 bits per heavy atom. The van der Waals surface area contributed by atoms with Crippen molar-refractivity contribution in [2.75, 3.05) is 25.5 Å². The van der Waals surface area contributed by atoms with Gasteiger partial charge < -0.3 is 14.5 Å². The number of amides is 1. The first-order valence-electron chi connectivity index (χ1n) is 10.9. The first kappa shape index (κ1) is 20.3. The van der Waals surface area contributed by atoms with Crippen molar-refractivity contribution < 1.29 is 13.9 Å². The summed E-state index contributed by atoms with van der Waals surface area (Å²) in [7, 11) is 1.61. The monoisotopic (exact) mass is 426 g/mol. The van der Waals surface area contributed by atoms with Gasteiger partial charge in [0, 0.05) is 29.9 Å². The minimum Gasteiger partial charge on any atom is -0.495 e. The first-order chi connectivity index (χ1) is 15.6. The van der Waals surface area contributed by atoms with E-state index >= 15 is 0 Å². The van der Waals surface area contributed by atoms with Gasteiger partial charge in [-0.15, -0.1) is 0 Å². The van der Waals surface area contributed by atoms with Crippen molar-refractivity contribution in [3.8, 4) is 5.75 Å². The molecule has 0 unspecified atom stereocenters. The third-order valence-corrected chi connectivity index (χ3v) is 6.27. The zero-order chi connectivity index (χ0) is 22.1. The van der Waals surface area contributed by atoms with Gasteiger partial charge >= 0.3 is 0 Å². The van der Waals surface area contributed by atoms with Gasteiger partial charge in [0.25, 0.3) is 0 Å². The normalized spacial score (nSPS) is 15.5. The van der Waals surface area contributed by atoms with E-state index in [1.54, 1.807) is 7.11 Å². The highest BCUT2D eigenvalue weighted by molar-refractivity contribution is 6.08. The maximum atomic E-state index is 13.1. The number of nitrogens with one attached hydrogen (secondary N) is 1. The van der Waals surface area contributed by atoms with Crippen molar-refractivity contribution in [3.63, 3.8) is 0 Å². The van der Waals surface area contributed by atoms with Crippen LogP contribution in [0, 0.1) is 0 Å². The van der Waals surface area contributed by atoms with Gasteiger partial charge in [-0.25, -0.2) is 0 Å². The van der Waals surface area contributed by atoms with E-state index in [4.69, 9.17) is 9.15 Å². The Morgan fingerprint density at radius 2 is 1.81 bits per heavy atom. The van der Waals surface area contributed by atoms with Crippen LogP contribution in [-0.2, 0) is 4.79 Å². The fraction of sp³-hybridized carbons (Fsp3) is 0.222. The van der Waals surface area contributed by atoms with Crippen LogP contribution in [0.1, 0.15) is 18.9 Å². The molecule has 4 aromatic rings. The Balaban J connectivity index is 1.34. The van der Waals surface area contributed by atoms with Crippen molar-refractivity contribution in [3.05, 3.63) is 78.4 Å². The van der Waals surface area contributed by atoms with E-state index in [9.17, 15) is 4.79 Å². The van der Waals surface area contributed by atoms with Crippen molar-refractivity contribution in [2.24, 2.45) is 0 Å². The van der Waals surface area contributed by atoms with Gasteiger partial charge in [0.1, 0.15) is 16.9 Å². The molecule has 2 heterocycles. The molecule has 1 aliphatic heterocycles. The molecule has 3 aromatic carbocycles. The lowest BCUT2D eigenvalue weighted by Gasteiger charge is -2.31. The lowest BCUT2D eigenvalue weighted by atomic mass is 9.99. The number of fused-ring (bicyclic) bond motifs is 3. The number of methoxy groups -OCH3 is 1. The molecule has 0 saturated heterocycles. The molecule has 32 heavy (non-hydrogen) atoms. The second-order valence-electron chi connectivity index (χ2n) is 8.15. The molecular formula is C27H26N2O3. The van der Waals surface area contributed by atoms with Crippen LogP contribution < -0.4 is 10.1 Å². The minimum atomic E-state index is -0.264. The van der Waals surface area contributed by atoms with Gasteiger partial charge in [-0.05, 0) is 36.6 Å². The number of carbonyl (C=O) groups is 1. The third-order valence-electron chi connectivity index (χ3n) is 6.27. The summed E-state index contributed by atoms with van der Waals surface area (Å²) < 4.78 is 11.6. The summed E-state index contributed by atoms with van der Waals surface area (Å²) >= 11 is 0. The number of rotatable bonds is 5. The van der Waals surface area contributed by atoms with Gasteiger partial charge in [0.05, 0.1) is 18.8 Å². The average molecular weight is 427 g/mol. The van der Waals surface area contributed by atoms with Gasteiger partial charge in [-0.3, -0.25) is 9.69 Å². The molecular weight excluding hydrogens is 400 g/mol. The lowest BCUT2D eigenvalue weighted by Crippen LogP contribution is -2.44. The highest BCUT2D eigenvalue weighted by Gasteiger charge is 2.24. The van der Waals surface area contributed by atoms with Crippen LogP contribution in [0.3, 0.4) is 0 Å².